The van der Waals surface area contributed by atoms with Crippen molar-refractivity contribution < 1.29 is 0 Å². The van der Waals surface area contributed by atoms with Gasteiger partial charge in [-0.05, 0) is 83.0 Å². The van der Waals surface area contributed by atoms with Crippen LogP contribution in [0.5, 0.6) is 0 Å². The predicted octanol–water partition coefficient (Wildman–Crippen LogP) is 11.6. The summed E-state index contributed by atoms with van der Waals surface area (Å²) in [5.41, 5.74) is 11.0. The summed E-state index contributed by atoms with van der Waals surface area (Å²) in [5.74, 6) is 0. The fourth-order valence-electron chi connectivity index (χ4n) is 5.79. The predicted molar refractivity (Wildman–Crippen MR) is 199 cm³/mol. The summed E-state index contributed by atoms with van der Waals surface area (Å²) in [5, 5.41) is 11.6. The largest absolute Gasteiger partial charge is 0.256 e. The molecule has 0 aliphatic heterocycles. The summed E-state index contributed by atoms with van der Waals surface area (Å²) in [6.07, 6.45) is 10.7. The Morgan fingerprint density at radius 2 is 0.978 bits per heavy atom. The minimum atomic E-state index is 0.0596. The van der Waals surface area contributed by atoms with Gasteiger partial charge in [0.15, 0.2) is 0 Å². The number of rotatable bonds is 10. The molecule has 46 heavy (non-hydrogen) atoms. The molecule has 1 aromatic heterocycles. The average molecular weight is 611 g/mol. The Hall–Kier alpha value is -4.18. The number of fused-ring (bicyclic) bond motifs is 3. The molecule has 0 saturated carbocycles. The monoisotopic (exact) mass is 610 g/mol. The summed E-state index contributed by atoms with van der Waals surface area (Å²) in [6, 6.07) is 26.1. The molecule has 0 amide bonds. The topological polar surface area (TPSA) is 50.5 Å². The summed E-state index contributed by atoms with van der Waals surface area (Å²) in [7, 11) is 0. The van der Waals surface area contributed by atoms with Crippen LogP contribution in [0.3, 0.4) is 0 Å². The highest BCUT2D eigenvalue weighted by Gasteiger charge is 2.17. The van der Waals surface area contributed by atoms with Gasteiger partial charge < -0.3 is 0 Å². The van der Waals surface area contributed by atoms with E-state index in [9.17, 15) is 0 Å². The molecule has 0 aliphatic rings. The van der Waals surface area contributed by atoms with Crippen molar-refractivity contribution in [1.29, 1.82) is 0 Å². The first-order chi connectivity index (χ1) is 22.0. The van der Waals surface area contributed by atoms with E-state index in [1.165, 1.54) is 47.9 Å². The Bertz CT molecular complexity index is 1740. The number of hydrogen-bond donors (Lipinski definition) is 0. The Labute approximate surface area is 276 Å². The van der Waals surface area contributed by atoms with E-state index in [4.69, 9.17) is 20.2 Å². The normalized spacial score (nSPS) is 12.7. The van der Waals surface area contributed by atoms with Gasteiger partial charge >= 0.3 is 0 Å². The molecular formula is C42H50N4. The van der Waals surface area contributed by atoms with Gasteiger partial charge in [-0.2, -0.15) is 0 Å². The lowest BCUT2D eigenvalue weighted by Gasteiger charge is -2.20. The Kier molecular flexibility index (Phi) is 10.2. The molecule has 0 aliphatic carbocycles. The van der Waals surface area contributed by atoms with Gasteiger partial charge in [0.05, 0.1) is 11.4 Å². The highest BCUT2D eigenvalue weighted by molar-refractivity contribution is 6.12. The van der Waals surface area contributed by atoms with Crippen LogP contribution in [-0.2, 0) is 23.7 Å². The number of aromatic nitrogens is 2. The van der Waals surface area contributed by atoms with Crippen LogP contribution in [0.1, 0.15) is 114 Å². The molecule has 0 saturated heterocycles. The van der Waals surface area contributed by atoms with Crippen molar-refractivity contribution in [2.75, 3.05) is 0 Å². The average Bonchev–Trinajstić information content (AvgIpc) is 3.03. The highest BCUT2D eigenvalue weighted by Crippen LogP contribution is 2.31. The molecule has 5 rings (SSSR count). The Morgan fingerprint density at radius 3 is 1.35 bits per heavy atom. The van der Waals surface area contributed by atoms with Crippen LogP contribution in [0.4, 0.5) is 11.4 Å². The number of benzene rings is 4. The molecule has 0 unspecified atom stereocenters. The maximum absolute atomic E-state index is 4.97. The fourth-order valence-corrected chi connectivity index (χ4v) is 5.79. The van der Waals surface area contributed by atoms with Crippen LogP contribution < -0.4 is 0 Å². The molecule has 0 N–H and O–H groups in total. The zero-order chi connectivity index (χ0) is 32.9. The van der Waals surface area contributed by atoms with E-state index < -0.39 is 0 Å². The first-order valence-corrected chi connectivity index (χ1v) is 17.0. The highest BCUT2D eigenvalue weighted by atomic mass is 15.1. The summed E-state index contributed by atoms with van der Waals surface area (Å²) in [4.78, 5) is 9.93. The second kappa shape index (κ2) is 14.1. The summed E-state index contributed by atoms with van der Waals surface area (Å²) in [6.45, 7) is 18.0. The standard InChI is InChI=1S/C42H50N4/c1-9-11-15-29-21-33(41(3,4)5)25-35(23-29)43-27-31-17-13-19-37-38-20-14-18-32(40(38)46-45-39(31)37)28-44-36-24-30(16-12-10-2)22-34(26-36)42(6,7)8/h13-14,17-28H,9-12,15-16H2,1-8H3. The molecule has 0 atom stereocenters. The number of hydrogen-bond acceptors (Lipinski definition) is 4. The molecule has 238 valence electrons. The van der Waals surface area contributed by atoms with E-state index in [0.29, 0.717) is 0 Å². The van der Waals surface area contributed by atoms with E-state index >= 15 is 0 Å². The smallest absolute Gasteiger partial charge is 0.102 e. The molecule has 0 fully saturated rings. The van der Waals surface area contributed by atoms with Gasteiger partial charge in [0.2, 0.25) is 0 Å². The third-order valence-corrected chi connectivity index (χ3v) is 8.71. The maximum atomic E-state index is 4.97. The lowest BCUT2D eigenvalue weighted by Crippen LogP contribution is -2.11. The molecular weight excluding hydrogens is 560 g/mol. The van der Waals surface area contributed by atoms with Crippen LogP contribution in [0.15, 0.2) is 82.8 Å². The Morgan fingerprint density at radius 1 is 0.565 bits per heavy atom. The molecule has 4 nitrogen and oxygen atoms in total. The van der Waals surface area contributed by atoms with Gasteiger partial charge in [0, 0.05) is 34.3 Å². The number of nitrogens with zero attached hydrogens (tertiary/aromatic N) is 4. The second-order valence-corrected chi connectivity index (χ2v) is 14.7. The molecule has 0 radical (unpaired) electrons. The van der Waals surface area contributed by atoms with Crippen LogP contribution in [0.2, 0.25) is 0 Å². The van der Waals surface area contributed by atoms with Gasteiger partial charge in [0.25, 0.3) is 0 Å². The molecule has 0 spiro atoms. The van der Waals surface area contributed by atoms with Crippen LogP contribution in [0, 0.1) is 0 Å². The van der Waals surface area contributed by atoms with Gasteiger partial charge in [-0.1, -0.05) is 117 Å². The molecule has 4 aromatic carbocycles. The SMILES string of the molecule is CCCCc1cc(N=Cc2cccc3c2nnc2c(C=Nc4cc(CCCC)cc(C(C)(C)C)c4)cccc23)cc(C(C)(C)C)c1. The van der Waals surface area contributed by atoms with Crippen molar-refractivity contribution in [3.05, 3.63) is 106 Å². The first-order valence-electron chi connectivity index (χ1n) is 17.0. The van der Waals surface area contributed by atoms with Crippen molar-refractivity contribution in [2.24, 2.45) is 9.98 Å². The second-order valence-electron chi connectivity index (χ2n) is 14.7. The molecule has 4 heteroatoms. The van der Waals surface area contributed by atoms with E-state index in [1.54, 1.807) is 0 Å². The van der Waals surface area contributed by atoms with Crippen molar-refractivity contribution in [3.8, 4) is 0 Å². The van der Waals surface area contributed by atoms with Crippen molar-refractivity contribution in [1.82, 2.24) is 10.2 Å². The first kappa shape index (κ1) is 33.2. The van der Waals surface area contributed by atoms with Gasteiger partial charge in [-0.25, -0.2) is 0 Å². The maximum Gasteiger partial charge on any atom is 0.102 e. The summed E-state index contributed by atoms with van der Waals surface area (Å²) >= 11 is 0. The van der Waals surface area contributed by atoms with Crippen LogP contribution in [-0.4, -0.2) is 22.6 Å². The van der Waals surface area contributed by atoms with Crippen molar-refractivity contribution >= 4 is 45.6 Å². The molecule has 0 bridgehead atoms. The zero-order valence-electron chi connectivity index (χ0n) is 29.1. The number of aliphatic imine (C=N–C) groups is 2. The van der Waals surface area contributed by atoms with Crippen LogP contribution in [0.25, 0.3) is 21.8 Å². The quantitative estimate of drug-likeness (QED) is 0.117. The molecule has 1 heterocycles. The summed E-state index contributed by atoms with van der Waals surface area (Å²) < 4.78 is 0. The van der Waals surface area contributed by atoms with Crippen molar-refractivity contribution in [2.45, 2.75) is 105 Å². The molecule has 5 aromatic rings. The Balaban J connectivity index is 1.50. The van der Waals surface area contributed by atoms with Gasteiger partial charge in [-0.15, -0.1) is 10.2 Å². The van der Waals surface area contributed by atoms with Gasteiger partial charge in [-0.3, -0.25) is 9.98 Å². The third-order valence-electron chi connectivity index (χ3n) is 8.71. The van der Waals surface area contributed by atoms with E-state index in [0.717, 1.165) is 57.1 Å². The van der Waals surface area contributed by atoms with E-state index in [-0.39, 0.29) is 10.8 Å². The van der Waals surface area contributed by atoms with Crippen molar-refractivity contribution in [3.63, 3.8) is 0 Å². The minimum Gasteiger partial charge on any atom is -0.256 e. The fraction of sp³-hybridized carbons (Fsp3) is 0.381. The van der Waals surface area contributed by atoms with E-state index in [2.05, 4.69) is 128 Å². The van der Waals surface area contributed by atoms with Gasteiger partial charge in [0.1, 0.15) is 11.0 Å². The number of unbranched alkanes of at least 4 members (excludes halogenated alkanes) is 2. The number of aryl methyl sites for hydroxylation is 2. The third kappa shape index (κ3) is 7.96. The zero-order valence-corrected chi connectivity index (χ0v) is 29.1. The lowest BCUT2D eigenvalue weighted by atomic mass is 9.85. The van der Waals surface area contributed by atoms with Crippen LogP contribution >= 0.6 is 0 Å². The lowest BCUT2D eigenvalue weighted by molar-refractivity contribution is 0.589. The van der Waals surface area contributed by atoms with E-state index in [1.807, 2.05) is 12.4 Å². The minimum absolute atomic E-state index is 0.0596.